The zero-order chi connectivity index (χ0) is 12.3. The number of hydrogen-bond acceptors (Lipinski definition) is 2. The fourth-order valence-corrected chi connectivity index (χ4v) is 2.17. The number of hydrogen-bond donors (Lipinski definition) is 0. The second-order valence-corrected chi connectivity index (χ2v) is 4.93. The highest BCUT2D eigenvalue weighted by atomic mass is 35.5. The van der Waals surface area contributed by atoms with Crippen molar-refractivity contribution in [1.82, 2.24) is 14.5 Å². The van der Waals surface area contributed by atoms with Gasteiger partial charge in [0.2, 0.25) is 0 Å². The van der Waals surface area contributed by atoms with E-state index in [1.807, 2.05) is 11.9 Å². The predicted molar refractivity (Wildman–Crippen MR) is 67.2 cm³/mol. The molecule has 17 heavy (non-hydrogen) atoms. The standard InChI is InChI=1S/C12H18ClN3O/c1-15-8-11(14-9-15)12(17)16(7-3-6-13)10-4-2-5-10/h8-10H,2-7H2,1H3. The summed E-state index contributed by atoms with van der Waals surface area (Å²) in [5.41, 5.74) is 0.536. The Morgan fingerprint density at radius 1 is 1.65 bits per heavy atom. The van der Waals surface area contributed by atoms with E-state index in [4.69, 9.17) is 11.6 Å². The summed E-state index contributed by atoms with van der Waals surface area (Å²) >= 11 is 5.71. The van der Waals surface area contributed by atoms with Gasteiger partial charge < -0.3 is 9.47 Å². The number of aryl methyl sites for hydroxylation is 1. The second-order valence-electron chi connectivity index (χ2n) is 4.55. The van der Waals surface area contributed by atoms with Crippen LogP contribution in [0.15, 0.2) is 12.5 Å². The summed E-state index contributed by atoms with van der Waals surface area (Å²) in [5, 5.41) is 0. The van der Waals surface area contributed by atoms with Crippen molar-refractivity contribution in [2.75, 3.05) is 12.4 Å². The molecule has 1 aromatic heterocycles. The number of carbonyl (C=O) groups excluding carboxylic acids is 1. The number of amides is 1. The first-order valence-electron chi connectivity index (χ1n) is 6.07. The molecule has 1 aliphatic carbocycles. The van der Waals surface area contributed by atoms with Crippen LogP contribution in [-0.4, -0.2) is 38.8 Å². The lowest BCUT2D eigenvalue weighted by molar-refractivity contribution is 0.0575. The molecule has 0 spiro atoms. The molecule has 0 aliphatic heterocycles. The van der Waals surface area contributed by atoms with Crippen LogP contribution in [0.2, 0.25) is 0 Å². The number of nitrogens with zero attached hydrogens (tertiary/aromatic N) is 3. The van der Waals surface area contributed by atoms with E-state index in [9.17, 15) is 4.79 Å². The van der Waals surface area contributed by atoms with Crippen molar-refractivity contribution in [3.63, 3.8) is 0 Å². The van der Waals surface area contributed by atoms with Crippen molar-refractivity contribution in [3.8, 4) is 0 Å². The molecule has 94 valence electrons. The van der Waals surface area contributed by atoms with E-state index in [0.29, 0.717) is 17.6 Å². The minimum atomic E-state index is 0.0421. The molecule has 1 fully saturated rings. The number of aromatic nitrogens is 2. The molecule has 0 unspecified atom stereocenters. The molecule has 1 aliphatic rings. The molecule has 1 amide bonds. The van der Waals surface area contributed by atoms with Crippen molar-refractivity contribution < 1.29 is 4.79 Å². The van der Waals surface area contributed by atoms with Crippen LogP contribution in [0.5, 0.6) is 0 Å². The Morgan fingerprint density at radius 3 is 2.88 bits per heavy atom. The summed E-state index contributed by atoms with van der Waals surface area (Å²) < 4.78 is 1.80. The maximum Gasteiger partial charge on any atom is 0.274 e. The smallest absolute Gasteiger partial charge is 0.274 e. The number of carbonyl (C=O) groups is 1. The third-order valence-corrected chi connectivity index (χ3v) is 3.50. The van der Waals surface area contributed by atoms with Gasteiger partial charge in [-0.25, -0.2) is 4.98 Å². The number of halogens is 1. The summed E-state index contributed by atoms with van der Waals surface area (Å²) in [4.78, 5) is 18.4. The van der Waals surface area contributed by atoms with E-state index in [1.54, 1.807) is 17.1 Å². The van der Waals surface area contributed by atoms with Crippen LogP contribution in [0, 0.1) is 0 Å². The maximum absolute atomic E-state index is 12.3. The molecule has 0 bridgehead atoms. The minimum Gasteiger partial charge on any atom is -0.340 e. The van der Waals surface area contributed by atoms with Gasteiger partial charge in [0, 0.05) is 31.7 Å². The van der Waals surface area contributed by atoms with Crippen LogP contribution in [0.25, 0.3) is 0 Å². The van der Waals surface area contributed by atoms with Crippen molar-refractivity contribution in [2.45, 2.75) is 31.7 Å². The Bertz CT molecular complexity index is 387. The molecule has 2 rings (SSSR count). The third kappa shape index (κ3) is 2.80. The Kier molecular flexibility index (Phi) is 4.05. The van der Waals surface area contributed by atoms with Gasteiger partial charge in [-0.2, -0.15) is 0 Å². The number of alkyl halides is 1. The van der Waals surface area contributed by atoms with Gasteiger partial charge in [-0.05, 0) is 25.7 Å². The fraction of sp³-hybridized carbons (Fsp3) is 0.667. The topological polar surface area (TPSA) is 38.1 Å². The molecule has 1 heterocycles. The highest BCUT2D eigenvalue weighted by Crippen LogP contribution is 2.26. The van der Waals surface area contributed by atoms with Crippen molar-refractivity contribution in [3.05, 3.63) is 18.2 Å². The zero-order valence-corrected chi connectivity index (χ0v) is 10.9. The molecule has 0 radical (unpaired) electrons. The first kappa shape index (κ1) is 12.4. The van der Waals surface area contributed by atoms with Gasteiger partial charge in [-0.1, -0.05) is 0 Å². The van der Waals surface area contributed by atoms with Crippen molar-refractivity contribution >= 4 is 17.5 Å². The molecule has 5 heteroatoms. The van der Waals surface area contributed by atoms with Crippen molar-refractivity contribution in [1.29, 1.82) is 0 Å². The summed E-state index contributed by atoms with van der Waals surface area (Å²) in [6, 6.07) is 0.396. The normalized spacial score (nSPS) is 15.6. The van der Waals surface area contributed by atoms with Gasteiger partial charge in [-0.3, -0.25) is 4.79 Å². The summed E-state index contributed by atoms with van der Waals surface area (Å²) in [6.45, 7) is 0.740. The van der Waals surface area contributed by atoms with E-state index in [1.165, 1.54) is 6.42 Å². The molecular weight excluding hydrogens is 238 g/mol. The van der Waals surface area contributed by atoms with E-state index < -0.39 is 0 Å². The predicted octanol–water partition coefficient (Wildman–Crippen LogP) is 2.04. The van der Waals surface area contributed by atoms with Crippen LogP contribution in [-0.2, 0) is 7.05 Å². The van der Waals surface area contributed by atoms with Crippen LogP contribution in [0.4, 0.5) is 0 Å². The minimum absolute atomic E-state index is 0.0421. The lowest BCUT2D eigenvalue weighted by Gasteiger charge is -2.37. The SMILES string of the molecule is Cn1cnc(C(=O)N(CCCCl)C2CCC2)c1. The quantitative estimate of drug-likeness (QED) is 0.756. The number of imidazole rings is 1. The molecule has 0 N–H and O–H groups in total. The summed E-state index contributed by atoms with van der Waals surface area (Å²) in [7, 11) is 1.87. The van der Waals surface area contributed by atoms with Crippen LogP contribution in [0.1, 0.15) is 36.2 Å². The fourth-order valence-electron chi connectivity index (χ4n) is 2.05. The second kappa shape index (κ2) is 5.54. The molecule has 1 saturated carbocycles. The van der Waals surface area contributed by atoms with Gasteiger partial charge in [0.1, 0.15) is 5.69 Å². The first-order valence-corrected chi connectivity index (χ1v) is 6.60. The van der Waals surface area contributed by atoms with Gasteiger partial charge in [0.15, 0.2) is 0 Å². The monoisotopic (exact) mass is 255 g/mol. The van der Waals surface area contributed by atoms with Gasteiger partial charge in [0.05, 0.1) is 6.33 Å². The average molecular weight is 256 g/mol. The Balaban J connectivity index is 2.06. The van der Waals surface area contributed by atoms with Gasteiger partial charge in [-0.15, -0.1) is 11.6 Å². The van der Waals surface area contributed by atoms with Crippen molar-refractivity contribution in [2.24, 2.45) is 7.05 Å². The van der Waals surface area contributed by atoms with Gasteiger partial charge in [0.25, 0.3) is 5.91 Å². The molecule has 0 atom stereocenters. The lowest BCUT2D eigenvalue weighted by atomic mass is 9.91. The molecule has 0 saturated heterocycles. The highest BCUT2D eigenvalue weighted by Gasteiger charge is 2.29. The molecule has 0 aromatic carbocycles. The van der Waals surface area contributed by atoms with Crippen LogP contribution in [0.3, 0.4) is 0 Å². The lowest BCUT2D eigenvalue weighted by Crippen LogP contribution is -2.45. The van der Waals surface area contributed by atoms with E-state index in [0.717, 1.165) is 25.8 Å². The number of rotatable bonds is 5. The Labute approximate surface area is 107 Å². The van der Waals surface area contributed by atoms with E-state index >= 15 is 0 Å². The molecule has 4 nitrogen and oxygen atoms in total. The van der Waals surface area contributed by atoms with Gasteiger partial charge >= 0.3 is 0 Å². The van der Waals surface area contributed by atoms with Crippen LogP contribution < -0.4 is 0 Å². The Morgan fingerprint density at radius 2 is 2.41 bits per heavy atom. The summed E-state index contributed by atoms with van der Waals surface area (Å²) in [5.74, 6) is 0.638. The van der Waals surface area contributed by atoms with E-state index in [2.05, 4.69) is 4.98 Å². The highest BCUT2D eigenvalue weighted by molar-refractivity contribution is 6.17. The summed E-state index contributed by atoms with van der Waals surface area (Å²) in [6.07, 6.45) is 7.72. The third-order valence-electron chi connectivity index (χ3n) is 3.23. The van der Waals surface area contributed by atoms with E-state index in [-0.39, 0.29) is 5.91 Å². The average Bonchev–Trinajstić information content (AvgIpc) is 2.67. The van der Waals surface area contributed by atoms with Crippen LogP contribution >= 0.6 is 11.6 Å². The first-order chi connectivity index (χ1) is 8.22. The Hall–Kier alpha value is -1.03. The largest absolute Gasteiger partial charge is 0.340 e. The maximum atomic E-state index is 12.3. The molecular formula is C12H18ClN3O. The zero-order valence-electron chi connectivity index (χ0n) is 10.1. The molecule has 1 aromatic rings.